The van der Waals surface area contributed by atoms with Crippen molar-refractivity contribution in [1.82, 2.24) is 0 Å². The molecule has 0 fully saturated rings. The maximum absolute atomic E-state index is 8.55. The highest BCUT2D eigenvalue weighted by Crippen LogP contribution is 2.15. The van der Waals surface area contributed by atoms with E-state index < -0.39 is 0 Å². The van der Waals surface area contributed by atoms with Crippen molar-refractivity contribution in [3.05, 3.63) is 21.9 Å². The molecule has 0 aliphatic rings. The molecule has 1 heterocycles. The molecule has 2 nitrogen and oxygen atoms in total. The Morgan fingerprint density at radius 1 is 1.60 bits per heavy atom. The van der Waals surface area contributed by atoms with Gasteiger partial charge in [-0.05, 0) is 19.4 Å². The number of ether oxygens (including phenoxy) is 1. The third kappa shape index (κ3) is 4.48. The number of aliphatic hydroxyl groups is 1. The number of hydrogen-bond acceptors (Lipinski definition) is 3. The fraction of sp³-hybridized carbons (Fsp3) is 0.500. The summed E-state index contributed by atoms with van der Waals surface area (Å²) in [6, 6.07) is 2.01. The SMILES string of the molecule is CCC(C)OCc1cc(C#CCO)cs1. The summed E-state index contributed by atoms with van der Waals surface area (Å²) in [5.41, 5.74) is 0.955. The molecule has 82 valence electrons. The minimum Gasteiger partial charge on any atom is -0.384 e. The molecule has 0 spiro atoms. The molecule has 1 rings (SSSR count). The molecule has 3 heteroatoms. The van der Waals surface area contributed by atoms with E-state index in [2.05, 4.69) is 25.7 Å². The first-order valence-corrected chi connectivity index (χ1v) is 5.93. The van der Waals surface area contributed by atoms with Crippen LogP contribution in [0, 0.1) is 11.8 Å². The van der Waals surface area contributed by atoms with Crippen molar-refractivity contribution in [1.29, 1.82) is 0 Å². The summed E-state index contributed by atoms with van der Waals surface area (Å²) in [6.07, 6.45) is 1.34. The predicted molar refractivity (Wildman–Crippen MR) is 62.8 cm³/mol. The summed E-state index contributed by atoms with van der Waals surface area (Å²) in [6.45, 7) is 4.74. The molecule has 1 aromatic rings. The summed E-state index contributed by atoms with van der Waals surface area (Å²) in [4.78, 5) is 1.18. The average molecular weight is 224 g/mol. The van der Waals surface area contributed by atoms with Crippen LogP contribution >= 0.6 is 11.3 Å². The zero-order valence-electron chi connectivity index (χ0n) is 9.12. The van der Waals surface area contributed by atoms with Crippen LogP contribution in [-0.2, 0) is 11.3 Å². The standard InChI is InChI=1S/C12H16O2S/c1-3-10(2)14-8-12-7-11(9-15-12)5-4-6-13/h7,9-10,13H,3,6,8H2,1-2H3. The molecule has 0 aliphatic heterocycles. The van der Waals surface area contributed by atoms with E-state index in [0.717, 1.165) is 12.0 Å². The molecule has 0 saturated heterocycles. The molecule has 0 amide bonds. The Kier molecular flexibility index (Phi) is 5.41. The average Bonchev–Trinajstić information content (AvgIpc) is 2.71. The van der Waals surface area contributed by atoms with Gasteiger partial charge in [0.15, 0.2) is 0 Å². The van der Waals surface area contributed by atoms with Crippen LogP contribution in [0.3, 0.4) is 0 Å². The van der Waals surface area contributed by atoms with E-state index in [1.54, 1.807) is 11.3 Å². The van der Waals surface area contributed by atoms with Crippen molar-refractivity contribution >= 4 is 11.3 Å². The van der Waals surface area contributed by atoms with Gasteiger partial charge in [0.1, 0.15) is 6.61 Å². The monoisotopic (exact) mass is 224 g/mol. The lowest BCUT2D eigenvalue weighted by Crippen LogP contribution is -2.05. The van der Waals surface area contributed by atoms with Gasteiger partial charge in [-0.25, -0.2) is 0 Å². The molecule has 0 saturated carbocycles. The van der Waals surface area contributed by atoms with Crippen molar-refractivity contribution in [2.75, 3.05) is 6.61 Å². The first-order chi connectivity index (χ1) is 7.26. The Morgan fingerprint density at radius 3 is 3.07 bits per heavy atom. The zero-order valence-corrected chi connectivity index (χ0v) is 9.93. The fourth-order valence-electron chi connectivity index (χ4n) is 1.01. The highest BCUT2D eigenvalue weighted by atomic mass is 32.1. The van der Waals surface area contributed by atoms with E-state index in [-0.39, 0.29) is 6.61 Å². The maximum Gasteiger partial charge on any atom is 0.104 e. The molecular weight excluding hydrogens is 208 g/mol. The quantitative estimate of drug-likeness (QED) is 0.796. The Hall–Kier alpha value is -0.820. The summed E-state index contributed by atoms with van der Waals surface area (Å²) in [7, 11) is 0. The molecular formula is C12H16O2S. The third-order valence-corrected chi connectivity index (χ3v) is 2.96. The van der Waals surface area contributed by atoms with Crippen LogP contribution in [0.1, 0.15) is 30.7 Å². The summed E-state index contributed by atoms with van der Waals surface area (Å²) >= 11 is 1.64. The topological polar surface area (TPSA) is 29.5 Å². The third-order valence-electron chi connectivity index (χ3n) is 2.05. The van der Waals surface area contributed by atoms with E-state index in [9.17, 15) is 0 Å². The Bertz CT molecular complexity index is 346. The Labute approximate surface area is 94.9 Å². The Morgan fingerprint density at radius 2 is 2.40 bits per heavy atom. The lowest BCUT2D eigenvalue weighted by molar-refractivity contribution is 0.0525. The molecule has 1 N–H and O–H groups in total. The van der Waals surface area contributed by atoms with Crippen LogP contribution in [0.15, 0.2) is 11.4 Å². The van der Waals surface area contributed by atoms with Gasteiger partial charge in [-0.2, -0.15) is 0 Å². The van der Waals surface area contributed by atoms with E-state index >= 15 is 0 Å². The van der Waals surface area contributed by atoms with Crippen LogP contribution in [0.5, 0.6) is 0 Å². The van der Waals surface area contributed by atoms with Crippen molar-refractivity contribution < 1.29 is 9.84 Å². The second-order valence-corrected chi connectivity index (χ2v) is 4.29. The number of thiophene rings is 1. The molecule has 0 aliphatic carbocycles. The van der Waals surface area contributed by atoms with Gasteiger partial charge < -0.3 is 9.84 Å². The number of rotatable bonds is 4. The molecule has 1 unspecified atom stereocenters. The molecule has 1 aromatic heterocycles. The fourth-order valence-corrected chi connectivity index (χ4v) is 1.74. The highest BCUT2D eigenvalue weighted by molar-refractivity contribution is 7.10. The smallest absolute Gasteiger partial charge is 0.104 e. The normalized spacial score (nSPS) is 11.9. The largest absolute Gasteiger partial charge is 0.384 e. The lowest BCUT2D eigenvalue weighted by Gasteiger charge is -2.08. The highest BCUT2D eigenvalue weighted by Gasteiger charge is 2.01. The van der Waals surface area contributed by atoms with E-state index in [0.29, 0.717) is 12.7 Å². The minimum atomic E-state index is -0.0887. The molecule has 0 radical (unpaired) electrons. The van der Waals surface area contributed by atoms with Gasteiger partial charge in [0.2, 0.25) is 0 Å². The number of aliphatic hydroxyl groups excluding tert-OH is 1. The van der Waals surface area contributed by atoms with E-state index in [1.807, 2.05) is 11.4 Å². The zero-order chi connectivity index (χ0) is 11.1. The van der Waals surface area contributed by atoms with Gasteiger partial charge in [0.05, 0.1) is 12.7 Å². The van der Waals surface area contributed by atoms with Crippen LogP contribution in [0.2, 0.25) is 0 Å². The molecule has 0 bridgehead atoms. The predicted octanol–water partition coefficient (Wildman–Crippen LogP) is 2.41. The van der Waals surface area contributed by atoms with Crippen molar-refractivity contribution in [2.45, 2.75) is 33.0 Å². The molecule has 0 aromatic carbocycles. The van der Waals surface area contributed by atoms with Crippen LogP contribution < -0.4 is 0 Å². The van der Waals surface area contributed by atoms with E-state index in [1.165, 1.54) is 4.88 Å². The van der Waals surface area contributed by atoms with Gasteiger partial charge in [0.25, 0.3) is 0 Å². The van der Waals surface area contributed by atoms with Crippen molar-refractivity contribution in [3.63, 3.8) is 0 Å². The van der Waals surface area contributed by atoms with Crippen molar-refractivity contribution in [2.24, 2.45) is 0 Å². The second kappa shape index (κ2) is 6.62. The lowest BCUT2D eigenvalue weighted by atomic mass is 10.3. The first-order valence-electron chi connectivity index (χ1n) is 5.05. The van der Waals surface area contributed by atoms with Gasteiger partial charge in [0, 0.05) is 15.8 Å². The van der Waals surface area contributed by atoms with Crippen molar-refractivity contribution in [3.8, 4) is 11.8 Å². The van der Waals surface area contributed by atoms with Gasteiger partial charge in [-0.15, -0.1) is 11.3 Å². The van der Waals surface area contributed by atoms with E-state index in [4.69, 9.17) is 9.84 Å². The van der Waals surface area contributed by atoms with Gasteiger partial charge in [-0.1, -0.05) is 18.8 Å². The van der Waals surface area contributed by atoms with Gasteiger partial charge in [-0.3, -0.25) is 0 Å². The Balaban J connectivity index is 2.46. The first kappa shape index (κ1) is 12.3. The van der Waals surface area contributed by atoms with Crippen LogP contribution in [-0.4, -0.2) is 17.8 Å². The second-order valence-electron chi connectivity index (χ2n) is 3.29. The molecule has 1 atom stereocenters. The molecule has 15 heavy (non-hydrogen) atoms. The summed E-state index contributed by atoms with van der Waals surface area (Å²) in [5.74, 6) is 5.50. The summed E-state index contributed by atoms with van der Waals surface area (Å²) < 4.78 is 5.61. The maximum atomic E-state index is 8.55. The van der Waals surface area contributed by atoms with Gasteiger partial charge >= 0.3 is 0 Å². The minimum absolute atomic E-state index is 0.0887. The van der Waals surface area contributed by atoms with Crippen LogP contribution in [0.4, 0.5) is 0 Å². The van der Waals surface area contributed by atoms with Crippen LogP contribution in [0.25, 0.3) is 0 Å². The summed E-state index contributed by atoms with van der Waals surface area (Å²) in [5, 5.41) is 10.5. The number of hydrogen-bond donors (Lipinski definition) is 1.